The van der Waals surface area contributed by atoms with E-state index in [1.807, 2.05) is 0 Å². The molecule has 1 aromatic rings. The molecule has 0 aliphatic heterocycles. The van der Waals surface area contributed by atoms with Crippen molar-refractivity contribution in [3.05, 3.63) is 29.8 Å². The van der Waals surface area contributed by atoms with Gasteiger partial charge in [0.05, 0.1) is 7.45 Å². The number of phenols is 1. The van der Waals surface area contributed by atoms with Crippen molar-refractivity contribution in [3.63, 3.8) is 0 Å². The van der Waals surface area contributed by atoms with Gasteiger partial charge in [0.15, 0.2) is 0 Å². The molecule has 0 unspecified atom stereocenters. The highest BCUT2D eigenvalue weighted by atomic mass is 16.3. The summed E-state index contributed by atoms with van der Waals surface area (Å²) in [6.07, 6.45) is -0.313. The number of hydrogen-bond donors (Lipinski definition) is 2. The molecule has 1 rings (SSSR count). The molecule has 2 nitrogen and oxygen atoms in total. The maximum atomic E-state index is 9.15. The average molecular weight is 167 g/mol. The Morgan fingerprint density at radius 1 is 1.42 bits per heavy atom. The van der Waals surface area contributed by atoms with Crippen LogP contribution in [0, 0.1) is 0 Å². The quantitative estimate of drug-likeness (QED) is 0.719. The summed E-state index contributed by atoms with van der Waals surface area (Å²) in [4.78, 5) is 0. The van der Waals surface area contributed by atoms with Crippen molar-refractivity contribution in [2.24, 2.45) is 0 Å². The molecule has 0 aromatic heterocycles. The Morgan fingerprint density at radius 2 is 2.00 bits per heavy atom. The molecule has 2 heteroatoms. The zero-order valence-electron chi connectivity index (χ0n) is 8.12. The third-order valence-corrected chi connectivity index (χ3v) is 1.71. The Hall–Kier alpha value is -1.02. The highest BCUT2D eigenvalue weighted by Gasteiger charge is 1.97. The Kier molecular flexibility index (Phi) is 2.61. The summed E-state index contributed by atoms with van der Waals surface area (Å²) >= 11 is 0. The van der Waals surface area contributed by atoms with Crippen molar-refractivity contribution in [2.45, 2.75) is 25.8 Å². The number of aromatic hydroxyl groups is 1. The Balaban J connectivity index is 2.51. The number of aryl methyl sites for hydroxylation is 1. The predicted molar refractivity (Wildman–Crippen MR) is 48.1 cm³/mol. The van der Waals surface area contributed by atoms with Gasteiger partial charge in [-0.05, 0) is 37.5 Å². The minimum atomic E-state index is -1.36. The number of phenolic OH excluding ortho intramolecular Hbond substituents is 1. The van der Waals surface area contributed by atoms with Crippen molar-refractivity contribution in [1.82, 2.24) is 0 Å². The molecule has 0 heterocycles. The van der Waals surface area contributed by atoms with Crippen molar-refractivity contribution in [1.29, 1.82) is 0 Å². The van der Waals surface area contributed by atoms with Gasteiger partial charge in [0, 0.05) is 0 Å². The second-order valence-corrected chi connectivity index (χ2v) is 2.90. The van der Waals surface area contributed by atoms with E-state index in [0.29, 0.717) is 12.8 Å². The van der Waals surface area contributed by atoms with Gasteiger partial charge in [-0.25, -0.2) is 0 Å². The van der Waals surface area contributed by atoms with Crippen LogP contribution < -0.4 is 0 Å². The molecule has 12 heavy (non-hydrogen) atoms. The zero-order chi connectivity index (χ0) is 9.90. The summed E-state index contributed by atoms with van der Waals surface area (Å²) in [5.74, 6) is 0.237. The lowest BCUT2D eigenvalue weighted by Gasteiger charge is -2.03. The average Bonchev–Trinajstić information content (AvgIpc) is 2.02. The van der Waals surface area contributed by atoms with E-state index < -0.39 is 6.08 Å². The normalized spacial score (nSPS) is 16.7. The van der Waals surface area contributed by atoms with Crippen LogP contribution in [0.25, 0.3) is 0 Å². The molecule has 0 aliphatic rings. The van der Waals surface area contributed by atoms with Gasteiger partial charge in [0.1, 0.15) is 5.75 Å². The van der Waals surface area contributed by atoms with E-state index in [0.717, 1.165) is 5.56 Å². The highest BCUT2D eigenvalue weighted by Crippen LogP contribution is 2.11. The van der Waals surface area contributed by atoms with Gasteiger partial charge in [0.2, 0.25) is 0 Å². The lowest BCUT2D eigenvalue weighted by Crippen LogP contribution is -2.00. The molecular formula is C10H14O2. The molecule has 66 valence electrons. The molecule has 1 aromatic carbocycles. The standard InChI is InChI=1S/C10H14O2/c1-8(11)2-3-9-4-6-10(12)7-5-9/h4-8,11-12H,2-3H2,1H3/t8-/m1/s1/i8D. The number of benzene rings is 1. The summed E-state index contributed by atoms with van der Waals surface area (Å²) in [7, 11) is 0. The molecule has 0 saturated heterocycles. The van der Waals surface area contributed by atoms with Gasteiger partial charge in [-0.15, -0.1) is 0 Å². The first-order valence-corrected chi connectivity index (χ1v) is 3.98. The van der Waals surface area contributed by atoms with Crippen molar-refractivity contribution in [3.8, 4) is 5.75 Å². The fraction of sp³-hybridized carbons (Fsp3) is 0.400. The van der Waals surface area contributed by atoms with E-state index in [1.165, 1.54) is 6.92 Å². The van der Waals surface area contributed by atoms with Gasteiger partial charge >= 0.3 is 0 Å². The third-order valence-electron chi connectivity index (χ3n) is 1.71. The van der Waals surface area contributed by atoms with Gasteiger partial charge < -0.3 is 10.2 Å². The van der Waals surface area contributed by atoms with Crippen LogP contribution in [-0.2, 0) is 6.42 Å². The van der Waals surface area contributed by atoms with Crippen LogP contribution in [0.5, 0.6) is 5.75 Å². The van der Waals surface area contributed by atoms with Crippen LogP contribution in [0.1, 0.15) is 20.3 Å². The molecule has 2 N–H and O–H groups in total. The van der Waals surface area contributed by atoms with Crippen LogP contribution >= 0.6 is 0 Å². The largest absolute Gasteiger partial charge is 0.508 e. The molecule has 1 atom stereocenters. The van der Waals surface area contributed by atoms with Crippen molar-refractivity contribution < 1.29 is 11.6 Å². The predicted octanol–water partition coefficient (Wildman–Crippen LogP) is 1.71. The number of aliphatic hydroxyl groups is 1. The van der Waals surface area contributed by atoms with Gasteiger partial charge in [-0.1, -0.05) is 12.1 Å². The van der Waals surface area contributed by atoms with E-state index in [-0.39, 0.29) is 5.75 Å². The van der Waals surface area contributed by atoms with Crippen molar-refractivity contribution >= 4 is 0 Å². The fourth-order valence-corrected chi connectivity index (χ4v) is 0.988. The minimum absolute atomic E-state index is 0.237. The van der Waals surface area contributed by atoms with E-state index >= 15 is 0 Å². The number of rotatable bonds is 3. The van der Waals surface area contributed by atoms with Crippen LogP contribution in [0.3, 0.4) is 0 Å². The summed E-state index contributed by atoms with van der Waals surface area (Å²) in [6, 6.07) is 6.80. The lowest BCUT2D eigenvalue weighted by atomic mass is 10.1. The summed E-state index contributed by atoms with van der Waals surface area (Å²) in [5.41, 5.74) is 1.02. The maximum absolute atomic E-state index is 9.15. The Morgan fingerprint density at radius 3 is 2.50 bits per heavy atom. The molecule has 0 bridgehead atoms. The minimum Gasteiger partial charge on any atom is -0.508 e. The lowest BCUT2D eigenvalue weighted by molar-refractivity contribution is 0.185. The third kappa shape index (κ3) is 2.93. The molecular weight excluding hydrogens is 152 g/mol. The highest BCUT2D eigenvalue weighted by molar-refractivity contribution is 5.25. The second-order valence-electron chi connectivity index (χ2n) is 2.90. The van der Waals surface area contributed by atoms with E-state index in [2.05, 4.69) is 0 Å². The van der Waals surface area contributed by atoms with Gasteiger partial charge in [0.25, 0.3) is 0 Å². The molecule has 0 saturated carbocycles. The molecule has 0 spiro atoms. The topological polar surface area (TPSA) is 40.5 Å². The fourth-order valence-electron chi connectivity index (χ4n) is 0.988. The molecule has 0 fully saturated rings. The van der Waals surface area contributed by atoms with Gasteiger partial charge in [-0.3, -0.25) is 0 Å². The Bertz CT molecular complexity index is 261. The van der Waals surface area contributed by atoms with Gasteiger partial charge in [-0.2, -0.15) is 0 Å². The van der Waals surface area contributed by atoms with E-state index in [4.69, 9.17) is 11.6 Å². The van der Waals surface area contributed by atoms with Crippen LogP contribution in [0.4, 0.5) is 0 Å². The summed E-state index contributed by atoms with van der Waals surface area (Å²) in [5, 5.41) is 18.1. The summed E-state index contributed by atoms with van der Waals surface area (Å²) in [6.45, 7) is 1.47. The van der Waals surface area contributed by atoms with Crippen LogP contribution in [0.2, 0.25) is 0 Å². The monoisotopic (exact) mass is 167 g/mol. The van der Waals surface area contributed by atoms with Crippen LogP contribution in [0.15, 0.2) is 24.3 Å². The summed E-state index contributed by atoms with van der Waals surface area (Å²) < 4.78 is 7.23. The molecule has 0 amide bonds. The van der Waals surface area contributed by atoms with E-state index in [1.54, 1.807) is 24.3 Å². The first-order chi connectivity index (χ1) is 5.97. The van der Waals surface area contributed by atoms with Crippen LogP contribution in [-0.4, -0.2) is 16.3 Å². The maximum Gasteiger partial charge on any atom is 0.115 e. The van der Waals surface area contributed by atoms with E-state index in [9.17, 15) is 0 Å². The van der Waals surface area contributed by atoms with Crippen molar-refractivity contribution in [2.75, 3.05) is 0 Å². The SMILES string of the molecule is [2H][C@](C)(O)CCc1ccc(O)cc1. The second kappa shape index (κ2) is 4.12. The molecule has 0 radical (unpaired) electrons. The first-order valence-electron chi connectivity index (χ1n) is 4.48. The molecule has 0 aliphatic carbocycles. The zero-order valence-corrected chi connectivity index (χ0v) is 7.12. The first kappa shape index (κ1) is 7.62. The smallest absolute Gasteiger partial charge is 0.115 e. The Labute approximate surface area is 73.9 Å². The number of hydrogen-bond acceptors (Lipinski definition) is 2.